The third-order valence-electron chi connectivity index (χ3n) is 3.31. The standard InChI is InChI=1S/C15H19N3O3S/c1-5-18-8-11(7-16-18)13(19)17-14-12(15(20)21-6-2)9(3)10(4)22-14/h7-8H,5-6H2,1-4H3,(H,17,19). The fraction of sp³-hybridized carbons (Fsp3) is 0.400. The van der Waals surface area contributed by atoms with Crippen LogP contribution < -0.4 is 5.32 Å². The van der Waals surface area contributed by atoms with E-state index >= 15 is 0 Å². The normalized spacial score (nSPS) is 10.5. The van der Waals surface area contributed by atoms with Crippen LogP contribution in [0, 0.1) is 13.8 Å². The highest BCUT2D eigenvalue weighted by atomic mass is 32.1. The predicted octanol–water partition coefficient (Wildman–Crippen LogP) is 3.01. The molecule has 0 aliphatic heterocycles. The van der Waals surface area contributed by atoms with Crippen LogP contribution in [0.4, 0.5) is 5.00 Å². The van der Waals surface area contributed by atoms with Crippen molar-refractivity contribution >= 4 is 28.2 Å². The second kappa shape index (κ2) is 6.74. The van der Waals surface area contributed by atoms with Crippen LogP contribution in [0.25, 0.3) is 0 Å². The summed E-state index contributed by atoms with van der Waals surface area (Å²) in [6.45, 7) is 8.45. The molecule has 1 amide bonds. The van der Waals surface area contributed by atoms with E-state index < -0.39 is 5.97 Å². The van der Waals surface area contributed by atoms with Crippen LogP contribution in [0.15, 0.2) is 12.4 Å². The molecular weight excluding hydrogens is 302 g/mol. The van der Waals surface area contributed by atoms with Gasteiger partial charge < -0.3 is 10.1 Å². The molecule has 118 valence electrons. The first-order chi connectivity index (χ1) is 10.5. The Morgan fingerprint density at radius 2 is 2.09 bits per heavy atom. The Morgan fingerprint density at radius 1 is 1.36 bits per heavy atom. The van der Waals surface area contributed by atoms with Crippen molar-refractivity contribution in [3.63, 3.8) is 0 Å². The Morgan fingerprint density at radius 3 is 2.68 bits per heavy atom. The second-order valence-corrected chi connectivity index (χ2v) is 5.97. The molecule has 0 fully saturated rings. The Bertz CT molecular complexity index is 703. The summed E-state index contributed by atoms with van der Waals surface area (Å²) in [7, 11) is 0. The highest BCUT2D eigenvalue weighted by molar-refractivity contribution is 7.16. The van der Waals surface area contributed by atoms with Crippen LogP contribution in [-0.4, -0.2) is 28.3 Å². The highest BCUT2D eigenvalue weighted by Crippen LogP contribution is 2.33. The van der Waals surface area contributed by atoms with Gasteiger partial charge in [0.1, 0.15) is 5.00 Å². The van der Waals surface area contributed by atoms with Crippen molar-refractivity contribution < 1.29 is 14.3 Å². The average Bonchev–Trinajstić information content (AvgIpc) is 3.05. The Kier molecular flexibility index (Phi) is 4.97. The summed E-state index contributed by atoms with van der Waals surface area (Å²) in [6.07, 6.45) is 3.18. The summed E-state index contributed by atoms with van der Waals surface area (Å²) in [5, 5.41) is 7.38. The van der Waals surface area contributed by atoms with Crippen LogP contribution in [0.5, 0.6) is 0 Å². The van der Waals surface area contributed by atoms with Crippen molar-refractivity contribution in [1.29, 1.82) is 0 Å². The molecule has 2 aromatic heterocycles. The zero-order chi connectivity index (χ0) is 16.3. The van der Waals surface area contributed by atoms with Crippen molar-refractivity contribution in [3.05, 3.63) is 34.0 Å². The van der Waals surface area contributed by atoms with Gasteiger partial charge in [-0.25, -0.2) is 4.79 Å². The molecule has 0 saturated carbocycles. The number of hydrogen-bond donors (Lipinski definition) is 1. The maximum Gasteiger partial charge on any atom is 0.341 e. The van der Waals surface area contributed by atoms with Crippen molar-refractivity contribution in [2.24, 2.45) is 0 Å². The number of carbonyl (C=O) groups is 2. The number of anilines is 1. The monoisotopic (exact) mass is 321 g/mol. The number of aromatic nitrogens is 2. The number of esters is 1. The lowest BCUT2D eigenvalue weighted by Crippen LogP contribution is -2.14. The minimum absolute atomic E-state index is 0.286. The summed E-state index contributed by atoms with van der Waals surface area (Å²) in [6, 6.07) is 0. The average molecular weight is 321 g/mol. The maximum atomic E-state index is 12.3. The Balaban J connectivity index is 2.27. The van der Waals surface area contributed by atoms with E-state index in [9.17, 15) is 9.59 Å². The number of carbonyl (C=O) groups excluding carboxylic acids is 2. The summed E-state index contributed by atoms with van der Waals surface area (Å²) in [5.74, 6) is -0.699. The zero-order valence-corrected chi connectivity index (χ0v) is 13.9. The van der Waals surface area contributed by atoms with Crippen molar-refractivity contribution in [2.45, 2.75) is 34.2 Å². The first-order valence-electron chi connectivity index (χ1n) is 7.08. The molecule has 2 aromatic rings. The molecule has 22 heavy (non-hydrogen) atoms. The molecule has 0 saturated heterocycles. The van der Waals surface area contributed by atoms with Crippen LogP contribution in [0.3, 0.4) is 0 Å². The molecule has 2 heterocycles. The summed E-state index contributed by atoms with van der Waals surface area (Å²) < 4.78 is 6.74. The first kappa shape index (κ1) is 16.2. The molecule has 2 rings (SSSR count). The van der Waals surface area contributed by atoms with Gasteiger partial charge in [-0.15, -0.1) is 11.3 Å². The van der Waals surface area contributed by atoms with E-state index in [1.807, 2.05) is 20.8 Å². The topological polar surface area (TPSA) is 73.2 Å². The Hall–Kier alpha value is -2.15. The molecule has 6 nitrogen and oxygen atoms in total. The van der Waals surface area contributed by atoms with Crippen molar-refractivity contribution in [2.75, 3.05) is 11.9 Å². The van der Waals surface area contributed by atoms with E-state index in [2.05, 4.69) is 10.4 Å². The SMILES string of the molecule is CCOC(=O)c1c(NC(=O)c2cnn(CC)c2)sc(C)c1C. The van der Waals surface area contributed by atoms with Gasteiger partial charge in [-0.1, -0.05) is 0 Å². The molecule has 0 aromatic carbocycles. The van der Waals surface area contributed by atoms with Crippen LogP contribution in [0.1, 0.15) is 45.0 Å². The number of nitrogens with zero attached hydrogens (tertiary/aromatic N) is 2. The number of hydrogen-bond acceptors (Lipinski definition) is 5. The maximum absolute atomic E-state index is 12.3. The van der Waals surface area contributed by atoms with Gasteiger partial charge in [0.05, 0.1) is 23.9 Å². The van der Waals surface area contributed by atoms with Crippen LogP contribution >= 0.6 is 11.3 Å². The minimum Gasteiger partial charge on any atom is -0.462 e. The molecule has 0 bridgehead atoms. The number of amides is 1. The lowest BCUT2D eigenvalue weighted by Gasteiger charge is -2.06. The van der Waals surface area contributed by atoms with Crippen molar-refractivity contribution in [3.8, 4) is 0 Å². The van der Waals surface area contributed by atoms with Gasteiger partial charge in [0, 0.05) is 17.6 Å². The molecule has 0 atom stereocenters. The number of ether oxygens (including phenoxy) is 1. The summed E-state index contributed by atoms with van der Waals surface area (Å²) >= 11 is 1.37. The van der Waals surface area contributed by atoms with Crippen LogP contribution in [0.2, 0.25) is 0 Å². The van der Waals surface area contributed by atoms with E-state index in [4.69, 9.17) is 4.74 Å². The molecule has 0 aliphatic rings. The van der Waals surface area contributed by atoms with E-state index in [-0.39, 0.29) is 5.91 Å². The fourth-order valence-corrected chi connectivity index (χ4v) is 3.04. The number of nitrogens with one attached hydrogen (secondary N) is 1. The number of rotatable bonds is 5. The lowest BCUT2D eigenvalue weighted by molar-refractivity contribution is 0.0527. The molecule has 0 spiro atoms. The molecule has 7 heteroatoms. The highest BCUT2D eigenvalue weighted by Gasteiger charge is 2.22. The van der Waals surface area contributed by atoms with E-state index in [0.29, 0.717) is 29.3 Å². The van der Waals surface area contributed by atoms with Gasteiger partial charge >= 0.3 is 5.97 Å². The number of aryl methyl sites for hydroxylation is 2. The second-order valence-electron chi connectivity index (χ2n) is 4.75. The molecular formula is C15H19N3O3S. The van der Waals surface area contributed by atoms with Gasteiger partial charge in [0.2, 0.25) is 0 Å². The third-order valence-corrected chi connectivity index (χ3v) is 4.43. The van der Waals surface area contributed by atoms with Crippen LogP contribution in [-0.2, 0) is 11.3 Å². The smallest absolute Gasteiger partial charge is 0.341 e. The van der Waals surface area contributed by atoms with Gasteiger partial charge in [-0.2, -0.15) is 5.10 Å². The van der Waals surface area contributed by atoms with Gasteiger partial charge in [0.25, 0.3) is 5.91 Å². The summed E-state index contributed by atoms with van der Waals surface area (Å²) in [4.78, 5) is 25.3. The van der Waals surface area contributed by atoms with E-state index in [0.717, 1.165) is 10.4 Å². The minimum atomic E-state index is -0.413. The van der Waals surface area contributed by atoms with E-state index in [1.165, 1.54) is 17.5 Å². The molecule has 0 unspecified atom stereocenters. The molecule has 1 N–H and O–H groups in total. The molecule has 0 aliphatic carbocycles. The largest absolute Gasteiger partial charge is 0.462 e. The van der Waals surface area contributed by atoms with Crippen molar-refractivity contribution in [1.82, 2.24) is 9.78 Å². The van der Waals surface area contributed by atoms with Gasteiger partial charge in [-0.3, -0.25) is 9.48 Å². The third kappa shape index (κ3) is 3.19. The Labute approximate surface area is 133 Å². The zero-order valence-electron chi connectivity index (χ0n) is 13.1. The molecule has 0 radical (unpaired) electrons. The number of thiophene rings is 1. The van der Waals surface area contributed by atoms with Gasteiger partial charge in [-0.05, 0) is 33.3 Å². The fourth-order valence-electron chi connectivity index (χ4n) is 1.99. The van der Waals surface area contributed by atoms with E-state index in [1.54, 1.807) is 17.8 Å². The first-order valence-corrected chi connectivity index (χ1v) is 7.90. The van der Waals surface area contributed by atoms with Gasteiger partial charge in [0.15, 0.2) is 0 Å². The lowest BCUT2D eigenvalue weighted by atomic mass is 10.1. The quantitative estimate of drug-likeness (QED) is 0.859. The summed E-state index contributed by atoms with van der Waals surface area (Å²) in [5.41, 5.74) is 1.73. The predicted molar refractivity (Wildman–Crippen MR) is 85.6 cm³/mol.